The minimum Gasteiger partial charge on any atom is -0.495 e. The first-order valence-corrected chi connectivity index (χ1v) is 7.82. The number of halogens is 3. The predicted octanol–water partition coefficient (Wildman–Crippen LogP) is 3.27. The molecule has 0 fully saturated rings. The molecule has 0 saturated carbocycles. The van der Waals surface area contributed by atoms with Crippen molar-refractivity contribution in [1.82, 2.24) is 0 Å². The van der Waals surface area contributed by atoms with Gasteiger partial charge in [-0.25, -0.2) is 4.39 Å². The first-order chi connectivity index (χ1) is 12.0. The summed E-state index contributed by atoms with van der Waals surface area (Å²) in [6, 6.07) is 10.6. The van der Waals surface area contributed by atoms with Gasteiger partial charge in [-0.2, -0.15) is 0 Å². The van der Waals surface area contributed by atoms with Gasteiger partial charge in [0.25, 0.3) is 0 Å². The molecule has 26 heavy (non-hydrogen) atoms. The molecule has 0 amide bonds. The highest BCUT2D eigenvalue weighted by molar-refractivity contribution is 14.0. The Hall–Kier alpha value is -1.78. The summed E-state index contributed by atoms with van der Waals surface area (Å²) < 4.78 is 23.2. The third-order valence-corrected chi connectivity index (χ3v) is 3.45. The van der Waals surface area contributed by atoms with E-state index in [0.29, 0.717) is 22.2 Å². The molecule has 0 spiro atoms. The molecule has 0 heterocycles. The quantitative estimate of drug-likeness (QED) is 0.312. The maximum Gasteiger partial charge on any atom is 0.193 e. The molecule has 2 aromatic rings. The van der Waals surface area contributed by atoms with Crippen LogP contribution in [0, 0.1) is 5.82 Å². The van der Waals surface area contributed by atoms with E-state index in [2.05, 4.69) is 10.3 Å². The lowest BCUT2D eigenvalue weighted by molar-refractivity contribution is 0.114. The first kappa shape index (κ1) is 22.3. The fraction of sp³-hybridized carbons (Fsp3) is 0.235. The van der Waals surface area contributed by atoms with Gasteiger partial charge in [0.2, 0.25) is 0 Å². The Morgan fingerprint density at radius 1 is 1.31 bits per heavy atom. The van der Waals surface area contributed by atoms with E-state index in [1.54, 1.807) is 18.2 Å². The number of hydrogen-bond acceptors (Lipinski definition) is 4. The van der Waals surface area contributed by atoms with Crippen molar-refractivity contribution in [3.05, 3.63) is 53.3 Å². The van der Waals surface area contributed by atoms with E-state index in [9.17, 15) is 9.50 Å². The van der Waals surface area contributed by atoms with Crippen molar-refractivity contribution in [3.63, 3.8) is 0 Å². The van der Waals surface area contributed by atoms with Crippen LogP contribution in [0.5, 0.6) is 11.5 Å². The average Bonchev–Trinajstić information content (AvgIpc) is 2.59. The Bertz CT molecular complexity index is 732. The van der Waals surface area contributed by atoms with E-state index in [4.69, 9.17) is 26.8 Å². The minimum atomic E-state index is -0.857. The van der Waals surface area contributed by atoms with Crippen LogP contribution in [-0.4, -0.2) is 37.4 Å². The highest BCUT2D eigenvalue weighted by Gasteiger charge is 2.06. The molecule has 1 atom stereocenters. The van der Waals surface area contributed by atoms with Gasteiger partial charge in [-0.3, -0.25) is 4.99 Å². The topological polar surface area (TPSA) is 89.1 Å². The average molecular weight is 496 g/mol. The molecule has 1 unspecified atom stereocenters. The largest absolute Gasteiger partial charge is 0.495 e. The SMILES string of the molecule is COc1ccc(NC(N)=NCC(O)COc2ccc(F)cc2)cc1Cl.I. The van der Waals surface area contributed by atoms with Crippen LogP contribution in [0.2, 0.25) is 5.02 Å². The first-order valence-electron chi connectivity index (χ1n) is 7.45. The number of anilines is 1. The Morgan fingerprint density at radius 2 is 2.00 bits per heavy atom. The van der Waals surface area contributed by atoms with E-state index < -0.39 is 6.10 Å². The van der Waals surface area contributed by atoms with Crippen molar-refractivity contribution < 1.29 is 19.0 Å². The number of nitrogens with one attached hydrogen (secondary N) is 1. The molecular weight excluding hydrogens is 476 g/mol. The van der Waals surface area contributed by atoms with Crippen molar-refractivity contribution in [2.24, 2.45) is 10.7 Å². The van der Waals surface area contributed by atoms with E-state index in [-0.39, 0.29) is 48.9 Å². The van der Waals surface area contributed by atoms with Gasteiger partial charge in [-0.15, -0.1) is 24.0 Å². The number of aliphatic imine (C=N–C) groups is 1. The van der Waals surface area contributed by atoms with Gasteiger partial charge in [-0.05, 0) is 42.5 Å². The molecule has 0 aliphatic carbocycles. The summed E-state index contributed by atoms with van der Waals surface area (Å²) in [6.45, 7) is 0.0562. The van der Waals surface area contributed by atoms with Crippen LogP contribution in [0.25, 0.3) is 0 Å². The zero-order valence-corrected chi connectivity index (χ0v) is 17.1. The van der Waals surface area contributed by atoms with Crippen LogP contribution >= 0.6 is 35.6 Å². The number of nitrogens with zero attached hydrogens (tertiary/aromatic N) is 1. The predicted molar refractivity (Wildman–Crippen MR) is 111 cm³/mol. The lowest BCUT2D eigenvalue weighted by Gasteiger charge is -2.12. The number of methoxy groups -OCH3 is 1. The van der Waals surface area contributed by atoms with Gasteiger partial charge in [0.15, 0.2) is 5.96 Å². The maximum atomic E-state index is 12.8. The summed E-state index contributed by atoms with van der Waals surface area (Å²) in [5, 5.41) is 13.2. The molecule has 0 aromatic heterocycles. The third-order valence-electron chi connectivity index (χ3n) is 3.15. The van der Waals surface area contributed by atoms with E-state index in [1.165, 1.54) is 31.4 Å². The summed E-state index contributed by atoms with van der Waals surface area (Å²) in [4.78, 5) is 4.04. The molecule has 0 aliphatic heterocycles. The Balaban J connectivity index is 0.00000338. The standard InChI is InChI=1S/C17H19ClFN3O3.HI/c1-24-16-7-4-12(8-15(16)18)22-17(20)21-9-13(23)10-25-14-5-2-11(19)3-6-14;/h2-8,13,23H,9-10H2,1H3,(H3,20,21,22);1H. The highest BCUT2D eigenvalue weighted by atomic mass is 127. The number of rotatable bonds is 7. The summed E-state index contributed by atoms with van der Waals surface area (Å²) in [6.07, 6.45) is -0.857. The van der Waals surface area contributed by atoms with Crippen LogP contribution in [0.4, 0.5) is 10.1 Å². The third kappa shape index (κ3) is 7.22. The highest BCUT2D eigenvalue weighted by Crippen LogP contribution is 2.27. The number of guanidine groups is 1. The molecule has 0 bridgehead atoms. The second-order valence-electron chi connectivity index (χ2n) is 5.12. The van der Waals surface area contributed by atoms with Gasteiger partial charge in [0, 0.05) is 5.69 Å². The second kappa shape index (κ2) is 11.0. The van der Waals surface area contributed by atoms with Gasteiger partial charge in [0.05, 0.1) is 18.7 Å². The van der Waals surface area contributed by atoms with Crippen LogP contribution in [0.15, 0.2) is 47.5 Å². The number of hydrogen-bond donors (Lipinski definition) is 3. The smallest absolute Gasteiger partial charge is 0.193 e. The van der Waals surface area contributed by atoms with Crippen LogP contribution in [-0.2, 0) is 0 Å². The minimum absolute atomic E-state index is 0. The number of nitrogens with two attached hydrogens (primary N) is 1. The molecule has 6 nitrogen and oxygen atoms in total. The van der Waals surface area contributed by atoms with E-state index in [1.807, 2.05) is 0 Å². The number of aliphatic hydroxyl groups is 1. The molecule has 142 valence electrons. The monoisotopic (exact) mass is 495 g/mol. The summed E-state index contributed by atoms with van der Waals surface area (Å²) in [7, 11) is 1.53. The summed E-state index contributed by atoms with van der Waals surface area (Å²) in [5.41, 5.74) is 6.41. The molecule has 9 heteroatoms. The zero-order valence-electron chi connectivity index (χ0n) is 14.0. The van der Waals surface area contributed by atoms with Gasteiger partial charge < -0.3 is 25.6 Å². The van der Waals surface area contributed by atoms with Crippen molar-refractivity contribution in [2.45, 2.75) is 6.10 Å². The normalized spacial score (nSPS) is 12.1. The van der Waals surface area contributed by atoms with Crippen molar-refractivity contribution in [1.29, 1.82) is 0 Å². The second-order valence-corrected chi connectivity index (χ2v) is 5.53. The van der Waals surface area contributed by atoms with Crippen LogP contribution in [0.3, 0.4) is 0 Å². The van der Waals surface area contributed by atoms with Crippen LogP contribution < -0.4 is 20.5 Å². The molecule has 0 aliphatic rings. The Labute approximate surface area is 173 Å². The summed E-state index contributed by atoms with van der Waals surface area (Å²) >= 11 is 6.02. The van der Waals surface area contributed by atoms with Gasteiger partial charge in [0.1, 0.15) is 30.0 Å². The lowest BCUT2D eigenvalue weighted by atomic mass is 10.3. The van der Waals surface area contributed by atoms with Crippen LogP contribution in [0.1, 0.15) is 0 Å². The van der Waals surface area contributed by atoms with Crippen molar-refractivity contribution in [2.75, 3.05) is 25.6 Å². The number of ether oxygens (including phenoxy) is 2. The summed E-state index contributed by atoms with van der Waals surface area (Å²) in [5.74, 6) is 0.788. The molecule has 2 rings (SSSR count). The maximum absolute atomic E-state index is 12.8. The molecule has 0 saturated heterocycles. The fourth-order valence-electron chi connectivity index (χ4n) is 1.91. The fourth-order valence-corrected chi connectivity index (χ4v) is 2.17. The molecular formula is C17H20ClFIN3O3. The Morgan fingerprint density at radius 3 is 2.62 bits per heavy atom. The van der Waals surface area contributed by atoms with Crippen molar-refractivity contribution in [3.8, 4) is 11.5 Å². The lowest BCUT2D eigenvalue weighted by Crippen LogP contribution is -2.27. The molecule has 2 aromatic carbocycles. The number of aliphatic hydroxyl groups excluding tert-OH is 1. The van der Waals surface area contributed by atoms with Gasteiger partial charge >= 0.3 is 0 Å². The molecule has 4 N–H and O–H groups in total. The number of benzene rings is 2. The van der Waals surface area contributed by atoms with E-state index >= 15 is 0 Å². The molecule has 0 radical (unpaired) electrons. The Kier molecular flexibility index (Phi) is 9.46. The van der Waals surface area contributed by atoms with Gasteiger partial charge in [-0.1, -0.05) is 11.6 Å². The zero-order chi connectivity index (χ0) is 18.2. The van der Waals surface area contributed by atoms with Crippen molar-refractivity contribution >= 4 is 47.2 Å². The van der Waals surface area contributed by atoms with E-state index in [0.717, 1.165) is 0 Å².